The molecule has 0 aromatic heterocycles. The molecule has 2 aromatic carbocycles. The molecule has 1 aliphatic rings. The molecule has 1 fully saturated rings. The van der Waals surface area contributed by atoms with Crippen molar-refractivity contribution in [2.75, 3.05) is 13.1 Å². The molecule has 0 bridgehead atoms. The number of hydrogen-bond acceptors (Lipinski definition) is 2. The molecule has 2 nitrogen and oxygen atoms in total. The summed E-state index contributed by atoms with van der Waals surface area (Å²) in [5, 5.41) is 10.5. The van der Waals surface area contributed by atoms with Crippen LogP contribution in [0.25, 0.3) is 11.1 Å². The quantitative estimate of drug-likeness (QED) is 0.869. The monoisotopic (exact) mass is 309 g/mol. The van der Waals surface area contributed by atoms with Crippen LogP contribution >= 0.6 is 0 Å². The Balaban J connectivity index is 1.58. The Labute approximate surface area is 139 Å². The first-order chi connectivity index (χ1) is 11.2. The number of benzene rings is 2. The van der Waals surface area contributed by atoms with E-state index >= 15 is 0 Å². The van der Waals surface area contributed by atoms with E-state index in [2.05, 4.69) is 60.4 Å². The van der Waals surface area contributed by atoms with Crippen LogP contribution in [-0.4, -0.2) is 29.1 Å². The molecular weight excluding hydrogens is 282 g/mol. The number of piperidine rings is 1. The molecule has 2 heteroatoms. The summed E-state index contributed by atoms with van der Waals surface area (Å²) in [7, 11) is 0. The van der Waals surface area contributed by atoms with E-state index in [4.69, 9.17) is 0 Å². The van der Waals surface area contributed by atoms with Crippen molar-refractivity contribution in [1.29, 1.82) is 0 Å². The molecule has 0 aliphatic carbocycles. The highest BCUT2D eigenvalue weighted by Gasteiger charge is 2.19. The van der Waals surface area contributed by atoms with Crippen molar-refractivity contribution in [1.82, 2.24) is 4.90 Å². The third-order valence-corrected chi connectivity index (χ3v) is 5.03. The highest BCUT2D eigenvalue weighted by Crippen LogP contribution is 2.24. The molecule has 2 atom stereocenters. The van der Waals surface area contributed by atoms with Gasteiger partial charge in [-0.2, -0.15) is 0 Å². The van der Waals surface area contributed by atoms with E-state index in [-0.39, 0.29) is 6.10 Å². The maximum absolute atomic E-state index is 10.5. The smallest absolute Gasteiger partial charge is 0.0802 e. The molecule has 1 N–H and O–H groups in total. The van der Waals surface area contributed by atoms with Gasteiger partial charge in [-0.05, 0) is 49.4 Å². The van der Waals surface area contributed by atoms with Gasteiger partial charge < -0.3 is 10.0 Å². The second-order valence-corrected chi connectivity index (χ2v) is 6.67. The molecule has 2 unspecified atom stereocenters. The van der Waals surface area contributed by atoms with Gasteiger partial charge in [0.25, 0.3) is 0 Å². The zero-order valence-electron chi connectivity index (χ0n) is 14.0. The Morgan fingerprint density at radius 2 is 1.70 bits per heavy atom. The fraction of sp³-hybridized carbons (Fsp3) is 0.429. The van der Waals surface area contributed by atoms with Gasteiger partial charge in [0.15, 0.2) is 0 Å². The van der Waals surface area contributed by atoms with E-state index in [1.807, 2.05) is 6.07 Å². The summed E-state index contributed by atoms with van der Waals surface area (Å²) >= 11 is 0. The summed E-state index contributed by atoms with van der Waals surface area (Å²) in [5.74, 6) is 0. The largest absolute Gasteiger partial charge is 0.388 e. The van der Waals surface area contributed by atoms with Gasteiger partial charge in [0.2, 0.25) is 0 Å². The maximum atomic E-state index is 10.5. The number of likely N-dealkylation sites (tertiary alicyclic amines) is 1. The van der Waals surface area contributed by atoms with E-state index in [9.17, 15) is 5.11 Å². The van der Waals surface area contributed by atoms with Crippen LogP contribution in [0.2, 0.25) is 0 Å². The molecule has 1 saturated heterocycles. The van der Waals surface area contributed by atoms with E-state index in [1.165, 1.54) is 36.9 Å². The predicted molar refractivity (Wildman–Crippen MR) is 96.3 cm³/mol. The van der Waals surface area contributed by atoms with Crippen LogP contribution in [0.3, 0.4) is 0 Å². The molecule has 1 heterocycles. The Morgan fingerprint density at radius 1 is 1.00 bits per heavy atom. The molecule has 2 aromatic rings. The minimum atomic E-state index is -0.367. The first kappa shape index (κ1) is 16.2. The summed E-state index contributed by atoms with van der Waals surface area (Å²) in [6, 6.07) is 19.4. The van der Waals surface area contributed by atoms with Crippen molar-refractivity contribution in [2.45, 2.75) is 44.8 Å². The van der Waals surface area contributed by atoms with Gasteiger partial charge in [-0.1, -0.05) is 61.0 Å². The highest BCUT2D eigenvalue weighted by molar-refractivity contribution is 5.63. The van der Waals surface area contributed by atoms with Crippen LogP contribution in [0, 0.1) is 0 Å². The standard InChI is InChI=1S/C21H27NO/c1-17-7-5-6-15-22(17)16-14-21(23)20-12-10-19(11-13-20)18-8-3-2-4-9-18/h2-4,8-13,17,21,23H,5-7,14-16H2,1H3. The van der Waals surface area contributed by atoms with Crippen molar-refractivity contribution in [3.8, 4) is 11.1 Å². The second kappa shape index (κ2) is 7.76. The highest BCUT2D eigenvalue weighted by atomic mass is 16.3. The van der Waals surface area contributed by atoms with Crippen LogP contribution < -0.4 is 0 Å². The lowest BCUT2D eigenvalue weighted by Crippen LogP contribution is -2.38. The number of rotatable bonds is 5. The third-order valence-electron chi connectivity index (χ3n) is 5.03. The van der Waals surface area contributed by atoms with Crippen molar-refractivity contribution in [3.63, 3.8) is 0 Å². The van der Waals surface area contributed by atoms with E-state index < -0.39 is 0 Å². The maximum Gasteiger partial charge on any atom is 0.0802 e. The zero-order valence-corrected chi connectivity index (χ0v) is 14.0. The van der Waals surface area contributed by atoms with Crippen LogP contribution in [0.15, 0.2) is 54.6 Å². The summed E-state index contributed by atoms with van der Waals surface area (Å²) < 4.78 is 0. The SMILES string of the molecule is CC1CCCCN1CCC(O)c1ccc(-c2ccccc2)cc1. The first-order valence-corrected chi connectivity index (χ1v) is 8.81. The Bertz CT molecular complexity index is 593. The number of aliphatic hydroxyl groups is 1. The van der Waals surface area contributed by atoms with Crippen LogP contribution in [0.5, 0.6) is 0 Å². The fourth-order valence-electron chi connectivity index (χ4n) is 3.47. The summed E-state index contributed by atoms with van der Waals surface area (Å²) in [5.41, 5.74) is 3.44. The second-order valence-electron chi connectivity index (χ2n) is 6.67. The zero-order chi connectivity index (χ0) is 16.1. The summed E-state index contributed by atoms with van der Waals surface area (Å²) in [4.78, 5) is 2.52. The molecule has 1 aliphatic heterocycles. The number of hydrogen-bond donors (Lipinski definition) is 1. The number of aliphatic hydroxyl groups excluding tert-OH is 1. The number of nitrogens with zero attached hydrogens (tertiary/aromatic N) is 1. The van der Waals surface area contributed by atoms with Gasteiger partial charge in [-0.15, -0.1) is 0 Å². The molecular formula is C21H27NO. The molecule has 0 radical (unpaired) electrons. The average Bonchev–Trinajstić information content (AvgIpc) is 2.62. The lowest BCUT2D eigenvalue weighted by molar-refractivity contribution is 0.109. The summed E-state index contributed by atoms with van der Waals surface area (Å²) in [6.07, 6.45) is 4.39. The Hall–Kier alpha value is -1.64. The topological polar surface area (TPSA) is 23.5 Å². The summed E-state index contributed by atoms with van der Waals surface area (Å²) in [6.45, 7) is 4.48. The van der Waals surface area contributed by atoms with Crippen molar-refractivity contribution in [2.24, 2.45) is 0 Å². The van der Waals surface area contributed by atoms with Crippen LogP contribution in [0.4, 0.5) is 0 Å². The lowest BCUT2D eigenvalue weighted by Gasteiger charge is -2.33. The van der Waals surface area contributed by atoms with Crippen molar-refractivity contribution in [3.05, 3.63) is 60.2 Å². The van der Waals surface area contributed by atoms with E-state index in [0.29, 0.717) is 6.04 Å². The molecule has 3 rings (SSSR count). The molecule has 0 spiro atoms. The van der Waals surface area contributed by atoms with Gasteiger partial charge in [-0.25, -0.2) is 0 Å². The molecule has 122 valence electrons. The normalized spacial score (nSPS) is 20.3. The Kier molecular flexibility index (Phi) is 5.47. The van der Waals surface area contributed by atoms with Crippen LogP contribution in [0.1, 0.15) is 44.3 Å². The van der Waals surface area contributed by atoms with E-state index in [1.54, 1.807) is 0 Å². The van der Waals surface area contributed by atoms with Crippen molar-refractivity contribution >= 4 is 0 Å². The Morgan fingerprint density at radius 3 is 2.39 bits per heavy atom. The van der Waals surface area contributed by atoms with E-state index in [0.717, 1.165) is 18.5 Å². The third kappa shape index (κ3) is 4.21. The lowest BCUT2D eigenvalue weighted by atomic mass is 9.99. The first-order valence-electron chi connectivity index (χ1n) is 8.81. The van der Waals surface area contributed by atoms with Gasteiger partial charge in [0.1, 0.15) is 0 Å². The van der Waals surface area contributed by atoms with Gasteiger partial charge in [-0.3, -0.25) is 0 Å². The molecule has 0 amide bonds. The van der Waals surface area contributed by atoms with Gasteiger partial charge >= 0.3 is 0 Å². The fourth-order valence-corrected chi connectivity index (χ4v) is 3.47. The minimum Gasteiger partial charge on any atom is -0.388 e. The average molecular weight is 309 g/mol. The van der Waals surface area contributed by atoms with Gasteiger partial charge in [0.05, 0.1) is 6.10 Å². The molecule has 23 heavy (non-hydrogen) atoms. The van der Waals surface area contributed by atoms with Crippen LogP contribution in [-0.2, 0) is 0 Å². The predicted octanol–water partition coefficient (Wildman–Crippen LogP) is 4.65. The minimum absolute atomic E-state index is 0.367. The van der Waals surface area contributed by atoms with Crippen molar-refractivity contribution < 1.29 is 5.11 Å². The van der Waals surface area contributed by atoms with Gasteiger partial charge in [0, 0.05) is 12.6 Å². The molecule has 0 saturated carbocycles.